The van der Waals surface area contributed by atoms with E-state index in [1.165, 1.54) is 5.56 Å². The van der Waals surface area contributed by atoms with Crippen molar-refractivity contribution in [2.75, 3.05) is 25.9 Å². The van der Waals surface area contributed by atoms with Gasteiger partial charge in [0.15, 0.2) is 0 Å². The molecule has 1 aromatic carbocycles. The lowest BCUT2D eigenvalue weighted by Crippen LogP contribution is -2.35. The summed E-state index contributed by atoms with van der Waals surface area (Å²) in [4.78, 5) is 6.78. The van der Waals surface area contributed by atoms with E-state index in [2.05, 4.69) is 54.2 Å². The van der Waals surface area contributed by atoms with E-state index in [0.29, 0.717) is 18.9 Å². The second-order valence-electron chi connectivity index (χ2n) is 5.83. The largest absolute Gasteiger partial charge is 0.396 e. The van der Waals surface area contributed by atoms with E-state index in [1.807, 2.05) is 4.57 Å². The first-order valence-electron chi connectivity index (χ1n) is 7.32. The Labute approximate surface area is 124 Å². The first-order chi connectivity index (χ1) is 10.1. The Kier molecular flexibility index (Phi) is 3.47. The molecule has 5 heteroatoms. The van der Waals surface area contributed by atoms with Gasteiger partial charge in [0.1, 0.15) is 0 Å². The first-order valence-corrected chi connectivity index (χ1v) is 7.32. The molecule has 2 heterocycles. The maximum Gasteiger partial charge on any atom is 0.201 e. The molecule has 0 bridgehead atoms. The fourth-order valence-corrected chi connectivity index (χ4v) is 3.00. The van der Waals surface area contributed by atoms with Crippen LogP contribution in [0.2, 0.25) is 0 Å². The van der Waals surface area contributed by atoms with Crippen molar-refractivity contribution in [3.05, 3.63) is 35.9 Å². The van der Waals surface area contributed by atoms with Gasteiger partial charge in [0.05, 0.1) is 16.6 Å². The van der Waals surface area contributed by atoms with Crippen LogP contribution in [0, 0.1) is 0 Å². The van der Waals surface area contributed by atoms with Gasteiger partial charge in [-0.25, -0.2) is 4.98 Å². The molecular weight excluding hydrogens is 264 g/mol. The lowest BCUT2D eigenvalue weighted by molar-refractivity contribution is 0.229. The smallest absolute Gasteiger partial charge is 0.201 e. The third-order valence-corrected chi connectivity index (χ3v) is 4.52. The van der Waals surface area contributed by atoms with Crippen LogP contribution in [0.1, 0.15) is 18.9 Å². The molecule has 3 N–H and O–H groups in total. The highest BCUT2D eigenvalue weighted by molar-refractivity contribution is 5.79. The molecule has 1 aromatic heterocycles. The Bertz CT molecular complexity index is 691. The standard InChI is InChI=1S/C16H22N4O/c1-16(7-3-8-19(16)2)12-5-6-14-13(11-12)18-15(17)20(14)9-4-10-21/h3,5-7,11,21H,4,8-10H2,1-2H3,(H2,17,18). The molecule has 0 fully saturated rings. The predicted molar refractivity (Wildman–Crippen MR) is 85.0 cm³/mol. The van der Waals surface area contributed by atoms with Gasteiger partial charge in [0.25, 0.3) is 0 Å². The number of likely N-dealkylation sites (N-methyl/N-ethyl adjacent to an activating group) is 1. The van der Waals surface area contributed by atoms with Crippen LogP contribution in [-0.2, 0) is 12.1 Å². The first kappa shape index (κ1) is 14.1. The van der Waals surface area contributed by atoms with Crippen LogP contribution >= 0.6 is 0 Å². The molecule has 1 unspecified atom stereocenters. The SMILES string of the molecule is CN1CC=CC1(C)c1ccc2c(c1)nc(N)n2CCCO. The summed E-state index contributed by atoms with van der Waals surface area (Å²) in [6.45, 7) is 4.02. The molecule has 2 aromatic rings. The van der Waals surface area contributed by atoms with E-state index >= 15 is 0 Å². The molecule has 5 nitrogen and oxygen atoms in total. The zero-order valence-corrected chi connectivity index (χ0v) is 12.6. The van der Waals surface area contributed by atoms with Crippen LogP contribution in [0.5, 0.6) is 0 Å². The molecular formula is C16H22N4O. The van der Waals surface area contributed by atoms with Gasteiger partial charge in [-0.2, -0.15) is 0 Å². The molecule has 0 radical (unpaired) electrons. The van der Waals surface area contributed by atoms with Gasteiger partial charge < -0.3 is 15.4 Å². The molecule has 0 spiro atoms. The van der Waals surface area contributed by atoms with Crippen LogP contribution < -0.4 is 5.73 Å². The molecule has 0 saturated carbocycles. The zero-order valence-electron chi connectivity index (χ0n) is 12.6. The Morgan fingerprint density at radius 2 is 2.24 bits per heavy atom. The predicted octanol–water partition coefficient (Wildman–Crippen LogP) is 1.72. The topological polar surface area (TPSA) is 67.3 Å². The van der Waals surface area contributed by atoms with E-state index in [9.17, 15) is 0 Å². The maximum atomic E-state index is 8.99. The Morgan fingerprint density at radius 1 is 1.43 bits per heavy atom. The van der Waals surface area contributed by atoms with E-state index in [-0.39, 0.29) is 12.1 Å². The van der Waals surface area contributed by atoms with Crippen LogP contribution in [-0.4, -0.2) is 39.8 Å². The number of aliphatic hydroxyl groups is 1. The van der Waals surface area contributed by atoms with Crippen molar-refractivity contribution < 1.29 is 5.11 Å². The van der Waals surface area contributed by atoms with Gasteiger partial charge in [-0.3, -0.25) is 4.90 Å². The number of hydrogen-bond donors (Lipinski definition) is 2. The number of rotatable bonds is 4. The lowest BCUT2D eigenvalue weighted by atomic mass is 9.92. The molecule has 0 aliphatic carbocycles. The third kappa shape index (κ3) is 2.22. The molecule has 3 rings (SSSR count). The highest BCUT2D eigenvalue weighted by Crippen LogP contribution is 2.34. The van der Waals surface area contributed by atoms with Crippen molar-refractivity contribution in [3.8, 4) is 0 Å². The lowest BCUT2D eigenvalue weighted by Gasteiger charge is -2.32. The minimum Gasteiger partial charge on any atom is -0.396 e. The van der Waals surface area contributed by atoms with E-state index in [1.54, 1.807) is 0 Å². The summed E-state index contributed by atoms with van der Waals surface area (Å²) in [6.07, 6.45) is 5.11. The molecule has 112 valence electrons. The van der Waals surface area contributed by atoms with Crippen molar-refractivity contribution in [3.63, 3.8) is 0 Å². The Balaban J connectivity index is 2.04. The van der Waals surface area contributed by atoms with E-state index in [0.717, 1.165) is 17.6 Å². The van der Waals surface area contributed by atoms with Crippen molar-refractivity contribution in [1.29, 1.82) is 0 Å². The summed E-state index contributed by atoms with van der Waals surface area (Å²) in [6, 6.07) is 6.34. The fraction of sp³-hybridized carbons (Fsp3) is 0.438. The van der Waals surface area contributed by atoms with Crippen LogP contribution in [0.3, 0.4) is 0 Å². The minimum absolute atomic E-state index is 0.0855. The number of hydrogen-bond acceptors (Lipinski definition) is 4. The van der Waals surface area contributed by atoms with Crippen LogP contribution in [0.4, 0.5) is 5.95 Å². The number of nitrogen functional groups attached to an aromatic ring is 1. The number of nitrogens with two attached hydrogens (primary N) is 1. The third-order valence-electron chi connectivity index (χ3n) is 4.52. The average molecular weight is 286 g/mol. The summed E-state index contributed by atoms with van der Waals surface area (Å²) < 4.78 is 1.96. The van der Waals surface area contributed by atoms with Crippen molar-refractivity contribution in [2.24, 2.45) is 0 Å². The van der Waals surface area contributed by atoms with Gasteiger partial charge in [-0.15, -0.1) is 0 Å². The molecule has 0 saturated heterocycles. The number of imidazole rings is 1. The highest BCUT2D eigenvalue weighted by Gasteiger charge is 2.31. The van der Waals surface area contributed by atoms with Crippen molar-refractivity contribution >= 4 is 17.0 Å². The Morgan fingerprint density at radius 3 is 2.90 bits per heavy atom. The highest BCUT2D eigenvalue weighted by atomic mass is 16.3. The van der Waals surface area contributed by atoms with Gasteiger partial charge in [-0.1, -0.05) is 18.2 Å². The quantitative estimate of drug-likeness (QED) is 0.840. The van der Waals surface area contributed by atoms with Crippen LogP contribution in [0.25, 0.3) is 11.0 Å². The Hall–Kier alpha value is -1.85. The molecule has 21 heavy (non-hydrogen) atoms. The number of aryl methyl sites for hydroxylation is 1. The van der Waals surface area contributed by atoms with Gasteiger partial charge in [-0.05, 0) is 38.1 Å². The summed E-state index contributed by atoms with van der Waals surface area (Å²) in [5.74, 6) is 0.510. The molecule has 0 amide bonds. The van der Waals surface area contributed by atoms with Gasteiger partial charge >= 0.3 is 0 Å². The normalized spacial score (nSPS) is 22.4. The van der Waals surface area contributed by atoms with Crippen LogP contribution in [0.15, 0.2) is 30.4 Å². The average Bonchev–Trinajstić information content (AvgIpc) is 2.97. The van der Waals surface area contributed by atoms with Gasteiger partial charge in [0.2, 0.25) is 5.95 Å². The number of nitrogens with zero attached hydrogens (tertiary/aromatic N) is 3. The minimum atomic E-state index is -0.0855. The molecule has 1 aliphatic heterocycles. The van der Waals surface area contributed by atoms with Gasteiger partial charge in [0, 0.05) is 19.7 Å². The zero-order chi connectivity index (χ0) is 15.0. The number of aromatic nitrogens is 2. The monoisotopic (exact) mass is 286 g/mol. The number of anilines is 1. The second kappa shape index (κ2) is 5.16. The second-order valence-corrected chi connectivity index (χ2v) is 5.83. The number of fused-ring (bicyclic) bond motifs is 1. The maximum absolute atomic E-state index is 8.99. The van der Waals surface area contributed by atoms with E-state index < -0.39 is 0 Å². The van der Waals surface area contributed by atoms with E-state index in [4.69, 9.17) is 10.8 Å². The molecule has 1 atom stereocenters. The van der Waals surface area contributed by atoms with Crippen molar-refractivity contribution in [2.45, 2.75) is 25.4 Å². The van der Waals surface area contributed by atoms with Crippen molar-refractivity contribution in [1.82, 2.24) is 14.5 Å². The summed E-state index contributed by atoms with van der Waals surface area (Å²) in [5, 5.41) is 8.99. The number of benzene rings is 1. The summed E-state index contributed by atoms with van der Waals surface area (Å²) in [5.41, 5.74) is 9.08. The summed E-state index contributed by atoms with van der Waals surface area (Å²) in [7, 11) is 2.12. The molecule has 1 aliphatic rings. The summed E-state index contributed by atoms with van der Waals surface area (Å²) >= 11 is 0. The fourth-order valence-electron chi connectivity index (χ4n) is 3.00. The number of aliphatic hydroxyl groups excluding tert-OH is 1.